The van der Waals surface area contributed by atoms with Gasteiger partial charge in [-0.25, -0.2) is 4.79 Å². The van der Waals surface area contributed by atoms with Gasteiger partial charge >= 0.3 is 5.97 Å². The Morgan fingerprint density at radius 1 is 0.871 bits per heavy atom. The highest BCUT2D eigenvalue weighted by molar-refractivity contribution is 6.01. The first-order chi connectivity index (χ1) is 15.1. The van der Waals surface area contributed by atoms with Crippen molar-refractivity contribution in [2.24, 2.45) is 0 Å². The molecule has 1 aliphatic heterocycles. The first kappa shape index (κ1) is 19.2. The molecule has 5 nitrogen and oxygen atoms in total. The van der Waals surface area contributed by atoms with E-state index in [0.717, 1.165) is 29.7 Å². The number of fused-ring (bicyclic) bond motifs is 3. The van der Waals surface area contributed by atoms with Gasteiger partial charge in [-0.1, -0.05) is 36.4 Å². The van der Waals surface area contributed by atoms with E-state index in [0.29, 0.717) is 24.1 Å². The maximum Gasteiger partial charge on any atom is 0.338 e. The molecule has 1 fully saturated rings. The number of nitrogens with zero attached hydrogens (tertiary/aromatic N) is 1. The molecule has 154 valence electrons. The SMILES string of the molecule is O=C(COC(=O)c1ccc(N2CCCC2=O)cc1)c1ccc2c(c1)-c1ccccc1C2. The van der Waals surface area contributed by atoms with Crippen molar-refractivity contribution in [2.45, 2.75) is 19.3 Å². The van der Waals surface area contributed by atoms with Crippen molar-refractivity contribution in [1.82, 2.24) is 0 Å². The second-order valence-corrected chi connectivity index (χ2v) is 7.90. The van der Waals surface area contributed by atoms with Crippen molar-refractivity contribution in [3.05, 3.63) is 89.0 Å². The summed E-state index contributed by atoms with van der Waals surface area (Å²) < 4.78 is 5.25. The van der Waals surface area contributed by atoms with Crippen molar-refractivity contribution in [3.63, 3.8) is 0 Å². The van der Waals surface area contributed by atoms with Crippen LogP contribution in [0.5, 0.6) is 0 Å². The third-order valence-electron chi connectivity index (χ3n) is 5.94. The number of hydrogen-bond acceptors (Lipinski definition) is 4. The zero-order valence-corrected chi connectivity index (χ0v) is 17.0. The van der Waals surface area contributed by atoms with Gasteiger partial charge < -0.3 is 9.64 Å². The quantitative estimate of drug-likeness (QED) is 0.360. The van der Waals surface area contributed by atoms with E-state index in [1.165, 1.54) is 11.1 Å². The molecule has 0 aromatic heterocycles. The number of hydrogen-bond donors (Lipinski definition) is 0. The number of esters is 1. The van der Waals surface area contributed by atoms with E-state index >= 15 is 0 Å². The second kappa shape index (κ2) is 7.84. The van der Waals surface area contributed by atoms with Gasteiger partial charge in [-0.2, -0.15) is 0 Å². The summed E-state index contributed by atoms with van der Waals surface area (Å²) in [6.07, 6.45) is 2.27. The fraction of sp³-hybridized carbons (Fsp3) is 0.192. The predicted molar refractivity (Wildman–Crippen MR) is 117 cm³/mol. The molecule has 3 aromatic carbocycles. The summed E-state index contributed by atoms with van der Waals surface area (Å²) in [7, 11) is 0. The first-order valence-corrected chi connectivity index (χ1v) is 10.4. The van der Waals surface area contributed by atoms with Gasteiger partial charge in [0.25, 0.3) is 0 Å². The van der Waals surface area contributed by atoms with Gasteiger partial charge in [-0.3, -0.25) is 9.59 Å². The third-order valence-corrected chi connectivity index (χ3v) is 5.94. The summed E-state index contributed by atoms with van der Waals surface area (Å²) in [5, 5.41) is 0. The van der Waals surface area contributed by atoms with Crippen molar-refractivity contribution < 1.29 is 19.1 Å². The second-order valence-electron chi connectivity index (χ2n) is 7.90. The summed E-state index contributed by atoms with van der Waals surface area (Å²) in [6, 6.07) is 20.6. The molecular formula is C26H21NO4. The van der Waals surface area contributed by atoms with Gasteiger partial charge in [0.05, 0.1) is 5.56 Å². The van der Waals surface area contributed by atoms with Crippen molar-refractivity contribution in [1.29, 1.82) is 0 Å². The summed E-state index contributed by atoms with van der Waals surface area (Å²) >= 11 is 0. The Morgan fingerprint density at radius 3 is 2.39 bits per heavy atom. The molecule has 0 saturated carbocycles. The molecule has 1 amide bonds. The molecule has 0 atom stereocenters. The molecule has 0 radical (unpaired) electrons. The van der Waals surface area contributed by atoms with Crippen LogP contribution >= 0.6 is 0 Å². The number of ether oxygens (including phenoxy) is 1. The van der Waals surface area contributed by atoms with Gasteiger partial charge in [0.2, 0.25) is 5.91 Å². The maximum atomic E-state index is 12.6. The van der Waals surface area contributed by atoms with Crippen LogP contribution in [0.3, 0.4) is 0 Å². The van der Waals surface area contributed by atoms with Crippen molar-refractivity contribution in [2.75, 3.05) is 18.1 Å². The van der Waals surface area contributed by atoms with Crippen LogP contribution in [0.15, 0.2) is 66.7 Å². The van der Waals surface area contributed by atoms with Gasteiger partial charge in [-0.15, -0.1) is 0 Å². The maximum absolute atomic E-state index is 12.6. The molecule has 2 aliphatic rings. The molecule has 5 rings (SSSR count). The average Bonchev–Trinajstić information content (AvgIpc) is 3.40. The van der Waals surface area contributed by atoms with E-state index < -0.39 is 5.97 Å². The zero-order valence-electron chi connectivity index (χ0n) is 17.0. The topological polar surface area (TPSA) is 63.7 Å². The Balaban J connectivity index is 1.24. The number of ketones is 1. The summed E-state index contributed by atoms with van der Waals surface area (Å²) in [5.74, 6) is -0.697. The van der Waals surface area contributed by atoms with E-state index in [9.17, 15) is 14.4 Å². The first-order valence-electron chi connectivity index (χ1n) is 10.4. The number of amides is 1. The number of rotatable bonds is 5. The van der Waals surface area contributed by atoms with Crippen molar-refractivity contribution >= 4 is 23.3 Å². The normalized spacial score (nSPS) is 14.3. The average molecular weight is 411 g/mol. The van der Waals surface area contributed by atoms with Crippen LogP contribution in [0.1, 0.15) is 44.7 Å². The molecule has 5 heteroatoms. The van der Waals surface area contributed by atoms with E-state index in [-0.39, 0.29) is 18.3 Å². The van der Waals surface area contributed by atoms with Crippen molar-refractivity contribution in [3.8, 4) is 11.1 Å². The standard InChI is InChI=1S/C26H21NO4/c28-24(20-8-7-19-14-18-4-1-2-5-22(18)23(19)15-20)16-31-26(30)17-9-11-21(12-10-17)27-13-3-6-25(27)29/h1-2,4-5,7-12,15H,3,6,13-14,16H2. The van der Waals surface area contributed by atoms with Crippen LogP contribution in [0.2, 0.25) is 0 Å². The van der Waals surface area contributed by atoms with Gasteiger partial charge in [0, 0.05) is 24.2 Å². The monoisotopic (exact) mass is 411 g/mol. The van der Waals surface area contributed by atoms with Crippen LogP contribution in [0.25, 0.3) is 11.1 Å². The summed E-state index contributed by atoms with van der Waals surface area (Å²) in [6.45, 7) is 0.383. The Bertz CT molecular complexity index is 1200. The molecule has 1 aliphatic carbocycles. The van der Waals surface area contributed by atoms with Crippen LogP contribution in [0, 0.1) is 0 Å². The van der Waals surface area contributed by atoms with E-state index in [1.807, 2.05) is 24.3 Å². The number of carbonyl (C=O) groups is 3. The summed E-state index contributed by atoms with van der Waals surface area (Å²) in [5.41, 5.74) is 6.34. The fourth-order valence-corrected chi connectivity index (χ4v) is 4.29. The van der Waals surface area contributed by atoms with Gasteiger partial charge in [-0.05, 0) is 65.4 Å². The van der Waals surface area contributed by atoms with E-state index in [1.54, 1.807) is 35.2 Å². The number of benzene rings is 3. The third kappa shape index (κ3) is 3.63. The van der Waals surface area contributed by atoms with Gasteiger partial charge in [0.15, 0.2) is 12.4 Å². The molecule has 0 bridgehead atoms. The Hall–Kier alpha value is -3.73. The minimum atomic E-state index is -0.556. The van der Waals surface area contributed by atoms with Crippen LogP contribution in [-0.2, 0) is 16.0 Å². The highest BCUT2D eigenvalue weighted by Crippen LogP contribution is 2.36. The number of carbonyl (C=O) groups excluding carboxylic acids is 3. The molecule has 1 heterocycles. The molecule has 0 unspecified atom stereocenters. The highest BCUT2D eigenvalue weighted by atomic mass is 16.5. The molecule has 0 N–H and O–H groups in total. The molecule has 1 saturated heterocycles. The molecule has 0 spiro atoms. The van der Waals surface area contributed by atoms with Crippen LogP contribution in [-0.4, -0.2) is 30.8 Å². The Labute approximate surface area is 180 Å². The molecule has 31 heavy (non-hydrogen) atoms. The number of Topliss-reactive ketones (excluding diaryl/α,β-unsaturated/α-hetero) is 1. The zero-order chi connectivity index (χ0) is 21.4. The minimum Gasteiger partial charge on any atom is -0.454 e. The largest absolute Gasteiger partial charge is 0.454 e. The lowest BCUT2D eigenvalue weighted by Crippen LogP contribution is -2.23. The minimum absolute atomic E-state index is 0.0953. The summed E-state index contributed by atoms with van der Waals surface area (Å²) in [4.78, 5) is 38.6. The Morgan fingerprint density at radius 2 is 1.61 bits per heavy atom. The number of anilines is 1. The smallest absolute Gasteiger partial charge is 0.338 e. The highest BCUT2D eigenvalue weighted by Gasteiger charge is 2.22. The van der Waals surface area contributed by atoms with E-state index in [2.05, 4.69) is 12.1 Å². The lowest BCUT2D eigenvalue weighted by atomic mass is 10.0. The molecule has 3 aromatic rings. The lowest BCUT2D eigenvalue weighted by Gasteiger charge is -2.15. The van der Waals surface area contributed by atoms with Gasteiger partial charge in [0.1, 0.15) is 0 Å². The van der Waals surface area contributed by atoms with E-state index in [4.69, 9.17) is 4.74 Å². The molecular weight excluding hydrogens is 390 g/mol. The van der Waals surface area contributed by atoms with Crippen LogP contribution < -0.4 is 4.90 Å². The fourth-order valence-electron chi connectivity index (χ4n) is 4.29. The lowest BCUT2D eigenvalue weighted by molar-refractivity contribution is -0.117. The Kier molecular flexibility index (Phi) is 4.86. The predicted octanol–water partition coefficient (Wildman–Crippen LogP) is 4.42. The van der Waals surface area contributed by atoms with Crippen LogP contribution in [0.4, 0.5) is 5.69 Å².